The van der Waals surface area contributed by atoms with Crippen LogP contribution in [0.2, 0.25) is 5.02 Å². The second-order valence-corrected chi connectivity index (χ2v) is 8.34. The largest absolute Gasteiger partial charge is 0.488 e. The van der Waals surface area contributed by atoms with Gasteiger partial charge in [-0.2, -0.15) is 0 Å². The fourth-order valence-corrected chi connectivity index (χ4v) is 4.14. The molecule has 0 radical (unpaired) electrons. The van der Waals surface area contributed by atoms with Crippen molar-refractivity contribution < 1.29 is 19.1 Å². The Hall–Kier alpha value is -4.42. The van der Waals surface area contributed by atoms with Gasteiger partial charge in [0.05, 0.1) is 5.69 Å². The summed E-state index contributed by atoms with van der Waals surface area (Å²) in [5, 5.41) is 4.81. The number of amides is 4. The molecule has 7 heteroatoms. The van der Waals surface area contributed by atoms with Crippen molar-refractivity contribution >= 4 is 52.0 Å². The zero-order valence-corrected chi connectivity index (χ0v) is 19.2. The summed E-state index contributed by atoms with van der Waals surface area (Å²) in [6, 6.07) is 26.5. The van der Waals surface area contributed by atoms with E-state index in [4.69, 9.17) is 16.3 Å². The van der Waals surface area contributed by atoms with Crippen LogP contribution in [0.5, 0.6) is 5.75 Å². The minimum atomic E-state index is -0.804. The highest BCUT2D eigenvalue weighted by Gasteiger charge is 2.36. The Bertz CT molecular complexity index is 1490. The molecule has 4 aromatic rings. The molecule has 1 fully saturated rings. The molecule has 1 heterocycles. The number of halogens is 1. The summed E-state index contributed by atoms with van der Waals surface area (Å²) in [5.41, 5.74) is 1.58. The maximum atomic E-state index is 13.2. The predicted octanol–water partition coefficient (Wildman–Crippen LogP) is 5.74. The van der Waals surface area contributed by atoms with Crippen molar-refractivity contribution in [1.82, 2.24) is 5.32 Å². The zero-order chi connectivity index (χ0) is 24.4. The highest BCUT2D eigenvalue weighted by Crippen LogP contribution is 2.29. The van der Waals surface area contributed by atoms with Crippen molar-refractivity contribution in [3.63, 3.8) is 0 Å². The number of imide groups is 2. The highest BCUT2D eigenvalue weighted by atomic mass is 35.5. The molecule has 172 valence electrons. The van der Waals surface area contributed by atoms with E-state index in [0.29, 0.717) is 22.0 Å². The second kappa shape index (κ2) is 9.44. The molecule has 6 nitrogen and oxygen atoms in total. The first kappa shape index (κ1) is 22.4. The first-order chi connectivity index (χ1) is 17.0. The lowest BCUT2D eigenvalue weighted by molar-refractivity contribution is -0.122. The van der Waals surface area contributed by atoms with Crippen molar-refractivity contribution in [2.45, 2.75) is 6.61 Å². The van der Waals surface area contributed by atoms with Gasteiger partial charge in [0.2, 0.25) is 0 Å². The normalized spacial score (nSPS) is 14.9. The van der Waals surface area contributed by atoms with Crippen molar-refractivity contribution in [2.24, 2.45) is 0 Å². The van der Waals surface area contributed by atoms with Crippen molar-refractivity contribution in [3.8, 4) is 5.75 Å². The van der Waals surface area contributed by atoms with Gasteiger partial charge in [0.15, 0.2) is 0 Å². The number of carbonyl (C=O) groups excluding carboxylic acids is 3. The molecule has 0 unspecified atom stereocenters. The Kier molecular flexibility index (Phi) is 6.04. The number of para-hydroxylation sites is 1. The van der Waals surface area contributed by atoms with Gasteiger partial charge in [0.25, 0.3) is 11.8 Å². The van der Waals surface area contributed by atoms with E-state index < -0.39 is 17.8 Å². The number of ether oxygens (including phenoxy) is 1. The third-order valence-electron chi connectivity index (χ3n) is 5.65. The number of nitrogens with one attached hydrogen (secondary N) is 1. The van der Waals surface area contributed by atoms with E-state index in [2.05, 4.69) is 5.32 Å². The van der Waals surface area contributed by atoms with Gasteiger partial charge in [-0.25, -0.2) is 9.69 Å². The van der Waals surface area contributed by atoms with E-state index in [-0.39, 0.29) is 12.2 Å². The van der Waals surface area contributed by atoms with Gasteiger partial charge in [0.1, 0.15) is 17.9 Å². The van der Waals surface area contributed by atoms with Crippen LogP contribution in [-0.2, 0) is 16.2 Å². The molecule has 5 rings (SSSR count). The average molecular weight is 483 g/mol. The number of rotatable bonds is 5. The van der Waals surface area contributed by atoms with Crippen LogP contribution in [0, 0.1) is 0 Å². The number of nitrogens with zero attached hydrogens (tertiary/aromatic N) is 1. The Labute approximate surface area is 206 Å². The molecule has 35 heavy (non-hydrogen) atoms. The predicted molar refractivity (Wildman–Crippen MR) is 135 cm³/mol. The Morgan fingerprint density at radius 2 is 1.60 bits per heavy atom. The molecule has 1 aliphatic heterocycles. The van der Waals surface area contributed by atoms with E-state index in [0.717, 1.165) is 21.2 Å². The van der Waals surface area contributed by atoms with E-state index in [9.17, 15) is 14.4 Å². The smallest absolute Gasteiger partial charge is 0.335 e. The summed E-state index contributed by atoms with van der Waals surface area (Å²) in [6.07, 6.45) is 1.39. The minimum Gasteiger partial charge on any atom is -0.488 e. The van der Waals surface area contributed by atoms with Gasteiger partial charge in [0, 0.05) is 10.6 Å². The number of carbonyl (C=O) groups is 3. The monoisotopic (exact) mass is 482 g/mol. The Morgan fingerprint density at radius 1 is 0.857 bits per heavy atom. The fraction of sp³-hybridized carbons (Fsp3) is 0.0357. The lowest BCUT2D eigenvalue weighted by Crippen LogP contribution is -2.54. The molecule has 1 N–H and O–H groups in total. The molecule has 0 aliphatic carbocycles. The van der Waals surface area contributed by atoms with Crippen molar-refractivity contribution in [2.75, 3.05) is 4.90 Å². The quantitative estimate of drug-likeness (QED) is 0.291. The molecule has 1 aliphatic rings. The number of hydrogen-bond acceptors (Lipinski definition) is 4. The Balaban J connectivity index is 1.48. The maximum Gasteiger partial charge on any atom is 0.335 e. The minimum absolute atomic E-state index is 0.203. The Morgan fingerprint density at radius 3 is 2.43 bits per heavy atom. The van der Waals surface area contributed by atoms with E-state index in [1.165, 1.54) is 6.08 Å². The second-order valence-electron chi connectivity index (χ2n) is 7.90. The van der Waals surface area contributed by atoms with Crippen molar-refractivity contribution in [1.29, 1.82) is 0 Å². The standard InChI is InChI=1S/C28H19ClN2O4/c29-21-13-14-25(35-17-19-9-6-8-18-7-4-5-12-23(18)19)20(15-21)16-24-26(32)30-28(34)31(27(24)33)22-10-2-1-3-11-22/h1-16H,17H2,(H,30,32,34)/b24-16+. The van der Waals surface area contributed by atoms with Crippen LogP contribution < -0.4 is 15.0 Å². The van der Waals surface area contributed by atoms with Gasteiger partial charge < -0.3 is 4.74 Å². The van der Waals surface area contributed by atoms with Gasteiger partial charge in [-0.3, -0.25) is 14.9 Å². The molecular formula is C28H19ClN2O4. The molecule has 4 amide bonds. The third-order valence-corrected chi connectivity index (χ3v) is 5.89. The van der Waals surface area contributed by atoms with Crippen molar-refractivity contribution in [3.05, 3.63) is 113 Å². The van der Waals surface area contributed by atoms with Gasteiger partial charge in [-0.1, -0.05) is 72.3 Å². The SMILES string of the molecule is O=C1NC(=O)N(c2ccccc2)C(=O)/C1=C/c1cc(Cl)ccc1OCc1cccc2ccccc12. The van der Waals surface area contributed by atoms with Gasteiger partial charge in [-0.15, -0.1) is 0 Å². The van der Waals surface area contributed by atoms with Gasteiger partial charge in [-0.05, 0) is 52.7 Å². The van der Waals surface area contributed by atoms with Crippen LogP contribution in [0.1, 0.15) is 11.1 Å². The number of barbiturate groups is 1. The molecule has 0 bridgehead atoms. The molecule has 0 saturated carbocycles. The zero-order valence-electron chi connectivity index (χ0n) is 18.4. The molecule has 1 saturated heterocycles. The summed E-state index contributed by atoms with van der Waals surface area (Å²) in [5.74, 6) is -1.07. The van der Waals surface area contributed by atoms with E-state index >= 15 is 0 Å². The topological polar surface area (TPSA) is 75.7 Å². The fourth-order valence-electron chi connectivity index (χ4n) is 3.96. The van der Waals surface area contributed by atoms with Gasteiger partial charge >= 0.3 is 6.03 Å². The van der Waals surface area contributed by atoms with E-state index in [1.54, 1.807) is 48.5 Å². The number of hydrogen-bond donors (Lipinski definition) is 1. The maximum absolute atomic E-state index is 13.2. The number of anilines is 1. The summed E-state index contributed by atoms with van der Waals surface area (Å²) in [6.45, 7) is 0.272. The number of benzene rings is 4. The third kappa shape index (κ3) is 4.52. The first-order valence-electron chi connectivity index (χ1n) is 10.9. The number of urea groups is 1. The molecule has 0 aromatic heterocycles. The van der Waals surface area contributed by atoms with Crippen LogP contribution >= 0.6 is 11.6 Å². The number of fused-ring (bicyclic) bond motifs is 1. The van der Waals surface area contributed by atoms with Crippen LogP contribution in [-0.4, -0.2) is 17.8 Å². The molecule has 0 spiro atoms. The lowest BCUT2D eigenvalue weighted by atomic mass is 10.0. The summed E-state index contributed by atoms with van der Waals surface area (Å²) in [7, 11) is 0. The van der Waals surface area contributed by atoms with Crippen LogP contribution in [0.15, 0.2) is 96.6 Å². The van der Waals surface area contributed by atoms with E-state index in [1.807, 2.05) is 42.5 Å². The molecule has 4 aromatic carbocycles. The van der Waals surface area contributed by atoms with Crippen LogP contribution in [0.4, 0.5) is 10.5 Å². The summed E-state index contributed by atoms with van der Waals surface area (Å²) in [4.78, 5) is 39.1. The van der Waals surface area contributed by atoms with Crippen LogP contribution in [0.3, 0.4) is 0 Å². The molecular weight excluding hydrogens is 464 g/mol. The average Bonchev–Trinajstić information content (AvgIpc) is 2.86. The highest BCUT2D eigenvalue weighted by molar-refractivity contribution is 6.39. The van der Waals surface area contributed by atoms with Crippen LogP contribution in [0.25, 0.3) is 16.8 Å². The molecule has 0 atom stereocenters. The first-order valence-corrected chi connectivity index (χ1v) is 11.2. The lowest BCUT2D eigenvalue weighted by Gasteiger charge is -2.26. The summed E-state index contributed by atoms with van der Waals surface area (Å²) < 4.78 is 6.10. The summed E-state index contributed by atoms with van der Waals surface area (Å²) >= 11 is 6.22.